The summed E-state index contributed by atoms with van der Waals surface area (Å²) >= 11 is 0. The number of hydrogen-bond acceptors (Lipinski definition) is 3. The fourth-order valence-electron chi connectivity index (χ4n) is 1.89. The molecule has 0 spiro atoms. The summed E-state index contributed by atoms with van der Waals surface area (Å²) in [6.45, 7) is 13.1. The molecule has 0 aliphatic carbocycles. The Balaban J connectivity index is 2.69. The van der Waals surface area contributed by atoms with E-state index in [4.69, 9.17) is 0 Å². The minimum absolute atomic E-state index is 0.665. The molecule has 0 saturated heterocycles. The number of pyridine rings is 1. The van der Waals surface area contributed by atoms with Crippen LogP contribution in [0.2, 0.25) is 0 Å². The largest absolute Gasteiger partial charge is 0.355 e. The third kappa shape index (κ3) is 4.88. The lowest BCUT2D eigenvalue weighted by Crippen LogP contribution is -2.24. The molecule has 0 fully saturated rings. The average molecular weight is 247 g/mol. The second-order valence-electron chi connectivity index (χ2n) is 5.32. The molecule has 0 aliphatic heterocycles. The van der Waals surface area contributed by atoms with Crippen LogP contribution >= 0.6 is 0 Å². The number of rotatable bonds is 7. The van der Waals surface area contributed by atoms with Gasteiger partial charge >= 0.3 is 0 Å². The minimum Gasteiger partial charge on any atom is -0.355 e. The van der Waals surface area contributed by atoms with Gasteiger partial charge in [0.15, 0.2) is 0 Å². The molecule has 0 amide bonds. The van der Waals surface area contributed by atoms with E-state index in [1.807, 2.05) is 19.2 Å². The maximum atomic E-state index is 4.47. The highest BCUT2D eigenvalue weighted by Crippen LogP contribution is 2.16. The molecule has 0 aliphatic rings. The zero-order valence-electron chi connectivity index (χ0n) is 12.0. The van der Waals surface area contributed by atoms with Crippen molar-refractivity contribution >= 4 is 5.82 Å². The van der Waals surface area contributed by atoms with Gasteiger partial charge in [-0.2, -0.15) is 0 Å². The van der Waals surface area contributed by atoms with Crippen molar-refractivity contribution in [2.45, 2.75) is 27.3 Å². The molecule has 0 unspecified atom stereocenters. The monoisotopic (exact) mass is 247 g/mol. The van der Waals surface area contributed by atoms with Gasteiger partial charge in [0.05, 0.1) is 0 Å². The maximum Gasteiger partial charge on any atom is 0.133 e. The first-order chi connectivity index (χ1) is 8.50. The second-order valence-corrected chi connectivity index (χ2v) is 5.32. The molecule has 0 bridgehead atoms. The van der Waals surface area contributed by atoms with Gasteiger partial charge in [0.2, 0.25) is 0 Å². The van der Waals surface area contributed by atoms with Crippen LogP contribution in [0.25, 0.3) is 0 Å². The molecule has 0 saturated carbocycles. The first-order valence-electron chi connectivity index (χ1n) is 6.50. The van der Waals surface area contributed by atoms with E-state index in [1.165, 1.54) is 5.56 Å². The predicted octanol–water partition coefficient (Wildman–Crippen LogP) is 2.84. The highest BCUT2D eigenvalue weighted by atomic mass is 15.2. The topological polar surface area (TPSA) is 28.2 Å². The zero-order valence-corrected chi connectivity index (χ0v) is 12.0. The number of anilines is 1. The number of likely N-dealkylation sites (N-methyl/N-ethyl adjacent to an activating group) is 1. The molecule has 0 radical (unpaired) electrons. The van der Waals surface area contributed by atoms with Crippen LogP contribution in [-0.2, 0) is 6.54 Å². The Kier molecular flexibility index (Phi) is 5.86. The van der Waals surface area contributed by atoms with Gasteiger partial charge in [0.25, 0.3) is 0 Å². The Bertz CT molecular complexity index is 385. The number of nitrogens with one attached hydrogen (secondary N) is 1. The van der Waals surface area contributed by atoms with Gasteiger partial charge in [0.1, 0.15) is 5.82 Å². The lowest BCUT2D eigenvalue weighted by Gasteiger charge is -2.21. The number of hydrogen-bond donors (Lipinski definition) is 1. The van der Waals surface area contributed by atoms with Crippen molar-refractivity contribution in [2.24, 2.45) is 5.92 Å². The van der Waals surface area contributed by atoms with Crippen LogP contribution in [0.3, 0.4) is 0 Å². The van der Waals surface area contributed by atoms with Crippen LogP contribution in [0.4, 0.5) is 5.82 Å². The molecule has 1 aromatic heterocycles. The Morgan fingerprint density at radius 3 is 2.83 bits per heavy atom. The molecule has 0 aromatic carbocycles. The SMILES string of the molecule is C=C(C)CN(C)c1ncccc1CNCC(C)C. The molecular formula is C15H25N3. The molecule has 1 aromatic rings. The molecule has 18 heavy (non-hydrogen) atoms. The first kappa shape index (κ1) is 14.7. The smallest absolute Gasteiger partial charge is 0.133 e. The van der Waals surface area contributed by atoms with Gasteiger partial charge in [-0.1, -0.05) is 32.1 Å². The molecular weight excluding hydrogens is 222 g/mol. The molecule has 3 nitrogen and oxygen atoms in total. The van der Waals surface area contributed by atoms with Crippen LogP contribution in [0.5, 0.6) is 0 Å². The minimum atomic E-state index is 0.665. The predicted molar refractivity (Wildman–Crippen MR) is 78.9 cm³/mol. The van der Waals surface area contributed by atoms with Gasteiger partial charge in [-0.25, -0.2) is 4.98 Å². The van der Waals surface area contributed by atoms with Gasteiger partial charge in [0, 0.05) is 31.9 Å². The summed E-state index contributed by atoms with van der Waals surface area (Å²) in [5.74, 6) is 1.70. The summed E-state index contributed by atoms with van der Waals surface area (Å²) in [6, 6.07) is 4.12. The van der Waals surface area contributed by atoms with Crippen LogP contribution in [-0.4, -0.2) is 25.1 Å². The highest BCUT2D eigenvalue weighted by Gasteiger charge is 2.08. The van der Waals surface area contributed by atoms with Gasteiger partial charge in [-0.15, -0.1) is 0 Å². The third-order valence-electron chi connectivity index (χ3n) is 2.60. The molecule has 0 atom stereocenters. The average Bonchev–Trinajstić information content (AvgIpc) is 2.28. The molecule has 1 rings (SSSR count). The standard InChI is InChI=1S/C15H25N3/c1-12(2)9-16-10-14-7-6-8-17-15(14)18(5)11-13(3)4/h6-8,12,16H,3,9-11H2,1-2,4-5H3. The van der Waals surface area contributed by atoms with Crippen molar-refractivity contribution in [1.82, 2.24) is 10.3 Å². The quantitative estimate of drug-likeness (QED) is 0.751. The van der Waals surface area contributed by atoms with Crippen LogP contribution in [0.1, 0.15) is 26.3 Å². The summed E-state index contributed by atoms with van der Waals surface area (Å²) in [6.07, 6.45) is 1.84. The second kappa shape index (κ2) is 7.17. The van der Waals surface area contributed by atoms with Crippen LogP contribution < -0.4 is 10.2 Å². The van der Waals surface area contributed by atoms with Crippen molar-refractivity contribution in [1.29, 1.82) is 0 Å². The van der Waals surface area contributed by atoms with Crippen molar-refractivity contribution in [3.63, 3.8) is 0 Å². The zero-order chi connectivity index (χ0) is 13.5. The van der Waals surface area contributed by atoms with Gasteiger partial charge < -0.3 is 10.2 Å². The number of nitrogens with zero attached hydrogens (tertiary/aromatic N) is 2. The number of aromatic nitrogens is 1. The molecule has 1 heterocycles. The summed E-state index contributed by atoms with van der Waals surface area (Å²) in [5, 5.41) is 3.46. The van der Waals surface area contributed by atoms with E-state index in [0.717, 1.165) is 31.0 Å². The van der Waals surface area contributed by atoms with Crippen LogP contribution in [0, 0.1) is 5.92 Å². The Hall–Kier alpha value is -1.35. The summed E-state index contributed by atoms with van der Waals surface area (Å²) in [7, 11) is 2.06. The Labute approximate surface area is 111 Å². The van der Waals surface area contributed by atoms with E-state index in [-0.39, 0.29) is 0 Å². The Morgan fingerprint density at radius 1 is 1.50 bits per heavy atom. The van der Waals surface area contributed by atoms with Crippen molar-refractivity contribution in [2.75, 3.05) is 25.0 Å². The van der Waals surface area contributed by atoms with E-state index < -0.39 is 0 Å². The summed E-state index contributed by atoms with van der Waals surface area (Å²) in [5.41, 5.74) is 2.38. The molecule has 1 N–H and O–H groups in total. The Morgan fingerprint density at radius 2 is 2.22 bits per heavy atom. The fourth-order valence-corrected chi connectivity index (χ4v) is 1.89. The maximum absolute atomic E-state index is 4.47. The lowest BCUT2D eigenvalue weighted by molar-refractivity contribution is 0.551. The highest BCUT2D eigenvalue weighted by molar-refractivity contribution is 5.46. The molecule has 3 heteroatoms. The summed E-state index contributed by atoms with van der Waals surface area (Å²) in [4.78, 5) is 6.62. The first-order valence-corrected chi connectivity index (χ1v) is 6.50. The van der Waals surface area contributed by atoms with E-state index >= 15 is 0 Å². The normalized spacial score (nSPS) is 10.7. The van der Waals surface area contributed by atoms with Crippen molar-refractivity contribution in [3.8, 4) is 0 Å². The van der Waals surface area contributed by atoms with Gasteiger partial charge in [-0.05, 0) is 25.5 Å². The van der Waals surface area contributed by atoms with Gasteiger partial charge in [-0.3, -0.25) is 0 Å². The lowest BCUT2D eigenvalue weighted by atomic mass is 10.2. The van der Waals surface area contributed by atoms with E-state index in [2.05, 4.69) is 48.7 Å². The van der Waals surface area contributed by atoms with Crippen LogP contribution in [0.15, 0.2) is 30.5 Å². The van der Waals surface area contributed by atoms with Crippen molar-refractivity contribution < 1.29 is 0 Å². The molecule has 100 valence electrons. The van der Waals surface area contributed by atoms with E-state index in [9.17, 15) is 0 Å². The van der Waals surface area contributed by atoms with E-state index in [0.29, 0.717) is 5.92 Å². The summed E-state index contributed by atoms with van der Waals surface area (Å²) < 4.78 is 0. The van der Waals surface area contributed by atoms with Crippen molar-refractivity contribution in [3.05, 3.63) is 36.0 Å². The fraction of sp³-hybridized carbons (Fsp3) is 0.533. The third-order valence-corrected chi connectivity index (χ3v) is 2.60. The van der Waals surface area contributed by atoms with E-state index in [1.54, 1.807) is 0 Å².